The van der Waals surface area contributed by atoms with E-state index in [9.17, 15) is 0 Å². The number of nitrogens with two attached hydrogens (primary N) is 1. The molecule has 0 radical (unpaired) electrons. The Hall–Kier alpha value is -1.23. The van der Waals surface area contributed by atoms with Crippen LogP contribution in [0.1, 0.15) is 24.2 Å². The van der Waals surface area contributed by atoms with Crippen molar-refractivity contribution in [3.05, 3.63) is 11.4 Å². The maximum absolute atomic E-state index is 5.38. The molecule has 0 aliphatic carbocycles. The van der Waals surface area contributed by atoms with Crippen molar-refractivity contribution in [2.24, 2.45) is 5.73 Å². The summed E-state index contributed by atoms with van der Waals surface area (Å²) >= 11 is 0. The molecule has 0 spiro atoms. The van der Waals surface area contributed by atoms with Crippen LogP contribution in [0, 0.1) is 13.8 Å². The largest absolute Gasteiger partial charge is 0.353 e. The summed E-state index contributed by atoms with van der Waals surface area (Å²) < 4.78 is 0. The summed E-state index contributed by atoms with van der Waals surface area (Å²) in [4.78, 5) is 4.25. The molecule has 3 N–H and O–H groups in total. The molecule has 0 fully saturated rings. The first kappa shape index (κ1) is 10.8. The molecule has 0 aliphatic heterocycles. The molecule has 5 heteroatoms. The average Bonchev–Trinajstić information content (AvgIpc) is 2.18. The predicted octanol–water partition coefficient (Wildman–Crippen LogP) is 0.639. The molecule has 0 saturated heterocycles. The van der Waals surface area contributed by atoms with Crippen LogP contribution in [0.4, 0.5) is 5.95 Å². The third-order valence-corrected chi connectivity index (χ3v) is 2.01. The van der Waals surface area contributed by atoms with E-state index in [1.54, 1.807) is 0 Å². The zero-order valence-electron chi connectivity index (χ0n) is 8.75. The number of aryl methyl sites for hydroxylation is 2. The molecule has 0 aliphatic rings. The Balaban J connectivity index is 2.39. The van der Waals surface area contributed by atoms with Gasteiger partial charge in [-0.1, -0.05) is 0 Å². The minimum atomic E-state index is 0.602. The maximum Gasteiger partial charge on any atom is 0.242 e. The van der Waals surface area contributed by atoms with E-state index in [0.29, 0.717) is 5.95 Å². The van der Waals surface area contributed by atoms with E-state index in [4.69, 9.17) is 5.73 Å². The van der Waals surface area contributed by atoms with Gasteiger partial charge in [0.25, 0.3) is 0 Å². The molecule has 0 atom stereocenters. The number of anilines is 1. The lowest BCUT2D eigenvalue weighted by Gasteiger charge is -2.04. The Morgan fingerprint density at radius 2 is 1.93 bits per heavy atom. The van der Waals surface area contributed by atoms with Gasteiger partial charge >= 0.3 is 0 Å². The summed E-state index contributed by atoms with van der Waals surface area (Å²) in [6.45, 7) is 5.40. The second-order valence-electron chi connectivity index (χ2n) is 3.23. The third kappa shape index (κ3) is 3.26. The van der Waals surface area contributed by atoms with E-state index in [0.717, 1.165) is 37.3 Å². The van der Waals surface area contributed by atoms with Gasteiger partial charge in [0.2, 0.25) is 5.95 Å². The quantitative estimate of drug-likeness (QED) is 0.674. The Labute approximate surface area is 84.1 Å². The smallest absolute Gasteiger partial charge is 0.242 e. The van der Waals surface area contributed by atoms with Gasteiger partial charge < -0.3 is 11.1 Å². The number of hydrogen-bond donors (Lipinski definition) is 2. The minimum absolute atomic E-state index is 0.602. The standard InChI is InChI=1S/C9H17N5/c1-7-8(2)13-14-9(12-7)11-6-4-3-5-10/h3-6,10H2,1-2H3,(H,11,12,14). The highest BCUT2D eigenvalue weighted by Crippen LogP contribution is 2.01. The monoisotopic (exact) mass is 195 g/mol. The number of hydrogen-bond acceptors (Lipinski definition) is 5. The van der Waals surface area contributed by atoms with Gasteiger partial charge in [-0.05, 0) is 33.2 Å². The number of rotatable bonds is 5. The van der Waals surface area contributed by atoms with E-state index < -0.39 is 0 Å². The van der Waals surface area contributed by atoms with Crippen LogP contribution in [0.5, 0.6) is 0 Å². The lowest BCUT2D eigenvalue weighted by atomic mass is 10.3. The van der Waals surface area contributed by atoms with Crippen LogP contribution in [0.2, 0.25) is 0 Å². The molecule has 14 heavy (non-hydrogen) atoms. The molecule has 1 aromatic heterocycles. The van der Waals surface area contributed by atoms with Crippen molar-refractivity contribution < 1.29 is 0 Å². The van der Waals surface area contributed by atoms with E-state index in [1.165, 1.54) is 0 Å². The Morgan fingerprint density at radius 3 is 2.57 bits per heavy atom. The van der Waals surface area contributed by atoms with Crippen LogP contribution < -0.4 is 11.1 Å². The van der Waals surface area contributed by atoms with Crippen LogP contribution in [0.25, 0.3) is 0 Å². The van der Waals surface area contributed by atoms with Crippen molar-refractivity contribution in [2.75, 3.05) is 18.4 Å². The lowest BCUT2D eigenvalue weighted by Crippen LogP contribution is -2.09. The third-order valence-electron chi connectivity index (χ3n) is 2.01. The molecule has 5 nitrogen and oxygen atoms in total. The molecular formula is C9H17N5. The number of unbranched alkanes of at least 4 members (excludes halogenated alkanes) is 1. The van der Waals surface area contributed by atoms with Gasteiger partial charge in [0.1, 0.15) is 0 Å². The topological polar surface area (TPSA) is 76.7 Å². The Kier molecular flexibility index (Phi) is 4.25. The number of aromatic nitrogens is 3. The first-order valence-corrected chi connectivity index (χ1v) is 4.86. The highest BCUT2D eigenvalue weighted by molar-refractivity contribution is 5.24. The van der Waals surface area contributed by atoms with E-state index in [-0.39, 0.29) is 0 Å². The van der Waals surface area contributed by atoms with Crippen LogP contribution >= 0.6 is 0 Å². The zero-order chi connectivity index (χ0) is 10.4. The van der Waals surface area contributed by atoms with Gasteiger partial charge in [0.15, 0.2) is 0 Å². The van der Waals surface area contributed by atoms with Crippen molar-refractivity contribution >= 4 is 5.95 Å². The van der Waals surface area contributed by atoms with Gasteiger partial charge in [-0.3, -0.25) is 0 Å². The molecule has 1 aromatic rings. The van der Waals surface area contributed by atoms with Gasteiger partial charge in [-0.2, -0.15) is 5.10 Å². The summed E-state index contributed by atoms with van der Waals surface area (Å²) in [6.07, 6.45) is 2.05. The van der Waals surface area contributed by atoms with Crippen molar-refractivity contribution in [2.45, 2.75) is 26.7 Å². The molecule has 78 valence electrons. The van der Waals surface area contributed by atoms with Crippen molar-refractivity contribution in [1.29, 1.82) is 0 Å². The van der Waals surface area contributed by atoms with Crippen LogP contribution in [0.3, 0.4) is 0 Å². The fourth-order valence-electron chi connectivity index (χ4n) is 1.00. The van der Waals surface area contributed by atoms with Gasteiger partial charge in [-0.25, -0.2) is 4.98 Å². The van der Waals surface area contributed by atoms with Crippen LogP contribution in [-0.4, -0.2) is 28.3 Å². The summed E-state index contributed by atoms with van der Waals surface area (Å²) in [5, 5.41) is 11.0. The fraction of sp³-hybridized carbons (Fsp3) is 0.667. The lowest BCUT2D eigenvalue weighted by molar-refractivity contribution is 0.764. The molecule has 1 heterocycles. The average molecular weight is 195 g/mol. The maximum atomic E-state index is 5.38. The number of nitrogens with one attached hydrogen (secondary N) is 1. The highest BCUT2D eigenvalue weighted by atomic mass is 15.2. The van der Waals surface area contributed by atoms with Crippen LogP contribution in [-0.2, 0) is 0 Å². The summed E-state index contributed by atoms with van der Waals surface area (Å²) in [7, 11) is 0. The summed E-state index contributed by atoms with van der Waals surface area (Å²) in [5.74, 6) is 0.602. The first-order chi connectivity index (χ1) is 6.74. The summed E-state index contributed by atoms with van der Waals surface area (Å²) in [6, 6.07) is 0. The molecule has 1 rings (SSSR count). The Morgan fingerprint density at radius 1 is 1.14 bits per heavy atom. The van der Waals surface area contributed by atoms with Crippen molar-refractivity contribution in [1.82, 2.24) is 15.2 Å². The van der Waals surface area contributed by atoms with Gasteiger partial charge in [0, 0.05) is 6.54 Å². The van der Waals surface area contributed by atoms with Crippen LogP contribution in [0.15, 0.2) is 0 Å². The molecule has 0 amide bonds. The van der Waals surface area contributed by atoms with Crippen molar-refractivity contribution in [3.8, 4) is 0 Å². The molecule has 0 bridgehead atoms. The zero-order valence-corrected chi connectivity index (χ0v) is 8.75. The van der Waals surface area contributed by atoms with E-state index in [1.807, 2.05) is 13.8 Å². The molecular weight excluding hydrogens is 178 g/mol. The van der Waals surface area contributed by atoms with Gasteiger partial charge in [0.05, 0.1) is 11.4 Å². The SMILES string of the molecule is Cc1nnc(NCCCCN)nc1C. The number of nitrogens with zero attached hydrogens (tertiary/aromatic N) is 3. The second-order valence-corrected chi connectivity index (χ2v) is 3.23. The van der Waals surface area contributed by atoms with Crippen molar-refractivity contribution in [3.63, 3.8) is 0 Å². The molecule has 0 aromatic carbocycles. The fourth-order valence-corrected chi connectivity index (χ4v) is 1.00. The Bertz CT molecular complexity index is 287. The van der Waals surface area contributed by atoms with Gasteiger partial charge in [-0.15, -0.1) is 5.10 Å². The molecule has 0 saturated carbocycles. The first-order valence-electron chi connectivity index (χ1n) is 4.86. The minimum Gasteiger partial charge on any atom is -0.353 e. The summed E-state index contributed by atoms with van der Waals surface area (Å²) in [5.41, 5.74) is 7.17. The normalized spacial score (nSPS) is 10.2. The second kappa shape index (κ2) is 5.49. The predicted molar refractivity (Wildman–Crippen MR) is 56.1 cm³/mol. The van der Waals surface area contributed by atoms with E-state index >= 15 is 0 Å². The van der Waals surface area contributed by atoms with E-state index in [2.05, 4.69) is 20.5 Å². The highest BCUT2D eigenvalue weighted by Gasteiger charge is 1.99. The molecule has 0 unspecified atom stereocenters.